The molecule has 1 aliphatic heterocycles. The van der Waals surface area contributed by atoms with Gasteiger partial charge in [0.2, 0.25) is 0 Å². The Kier molecular flexibility index (Phi) is 4.69. The first-order valence-corrected chi connectivity index (χ1v) is 11.1. The Hall–Kier alpha value is -2.90. The van der Waals surface area contributed by atoms with Gasteiger partial charge in [0.05, 0.1) is 17.1 Å². The minimum Gasteiger partial charge on any atom is -0.325 e. The SMILES string of the molecule is Cc1nc(-c2ccccc2)sc1C(=O)Nc1ccccc1-c1cn2c(n1)SCC2. The summed E-state index contributed by atoms with van der Waals surface area (Å²) in [7, 11) is 0. The van der Waals surface area contributed by atoms with E-state index in [1.807, 2.05) is 61.5 Å². The molecule has 0 aliphatic carbocycles. The molecule has 0 spiro atoms. The fourth-order valence-electron chi connectivity index (χ4n) is 3.35. The van der Waals surface area contributed by atoms with Crippen molar-refractivity contribution in [2.24, 2.45) is 0 Å². The first kappa shape index (κ1) is 18.1. The highest BCUT2D eigenvalue weighted by Crippen LogP contribution is 2.33. The van der Waals surface area contributed by atoms with Crippen molar-refractivity contribution in [2.75, 3.05) is 11.1 Å². The summed E-state index contributed by atoms with van der Waals surface area (Å²) in [5.41, 5.74) is 4.32. The van der Waals surface area contributed by atoms with Crippen LogP contribution in [0.2, 0.25) is 0 Å². The number of thioether (sulfide) groups is 1. The van der Waals surface area contributed by atoms with Gasteiger partial charge in [-0.15, -0.1) is 11.3 Å². The molecule has 5 nitrogen and oxygen atoms in total. The van der Waals surface area contributed by atoms with E-state index < -0.39 is 0 Å². The van der Waals surface area contributed by atoms with Crippen LogP contribution >= 0.6 is 23.1 Å². The molecule has 7 heteroatoms. The summed E-state index contributed by atoms with van der Waals surface area (Å²) >= 11 is 3.18. The number of carbonyl (C=O) groups excluding carboxylic acids is 1. The molecule has 0 saturated carbocycles. The number of nitrogens with zero attached hydrogens (tertiary/aromatic N) is 3. The lowest BCUT2D eigenvalue weighted by atomic mass is 10.1. The van der Waals surface area contributed by atoms with Crippen molar-refractivity contribution in [1.82, 2.24) is 14.5 Å². The molecule has 0 atom stereocenters. The molecule has 0 radical (unpaired) electrons. The van der Waals surface area contributed by atoms with Gasteiger partial charge in [0.1, 0.15) is 9.88 Å². The third-order valence-electron chi connectivity index (χ3n) is 4.78. The summed E-state index contributed by atoms with van der Waals surface area (Å²) in [6.45, 7) is 2.85. The van der Waals surface area contributed by atoms with Crippen molar-refractivity contribution in [1.29, 1.82) is 0 Å². The van der Waals surface area contributed by atoms with Gasteiger partial charge in [0, 0.05) is 29.6 Å². The second-order valence-electron chi connectivity index (χ2n) is 6.75. The number of hydrogen-bond donors (Lipinski definition) is 1. The molecule has 144 valence electrons. The van der Waals surface area contributed by atoms with Crippen molar-refractivity contribution >= 4 is 34.7 Å². The van der Waals surface area contributed by atoms with Crippen LogP contribution in [0.25, 0.3) is 21.8 Å². The number of imidazole rings is 1. The molecule has 1 amide bonds. The lowest BCUT2D eigenvalue weighted by molar-refractivity contribution is 0.103. The van der Waals surface area contributed by atoms with Crippen LogP contribution in [0, 0.1) is 6.92 Å². The maximum absolute atomic E-state index is 13.0. The zero-order valence-corrected chi connectivity index (χ0v) is 17.4. The van der Waals surface area contributed by atoms with E-state index in [0.29, 0.717) is 4.88 Å². The highest BCUT2D eigenvalue weighted by molar-refractivity contribution is 7.99. The number of fused-ring (bicyclic) bond motifs is 1. The van der Waals surface area contributed by atoms with Gasteiger partial charge < -0.3 is 9.88 Å². The van der Waals surface area contributed by atoms with E-state index in [1.165, 1.54) is 11.3 Å². The van der Waals surface area contributed by atoms with Gasteiger partial charge in [0.15, 0.2) is 5.16 Å². The second kappa shape index (κ2) is 7.50. The first-order valence-electron chi connectivity index (χ1n) is 9.32. The molecular weight excluding hydrogens is 400 g/mol. The Labute approximate surface area is 176 Å². The summed E-state index contributed by atoms with van der Waals surface area (Å²) in [6.07, 6.45) is 2.06. The fourth-order valence-corrected chi connectivity index (χ4v) is 5.26. The number of rotatable bonds is 4. The number of nitrogens with one attached hydrogen (secondary N) is 1. The van der Waals surface area contributed by atoms with Gasteiger partial charge in [-0.1, -0.05) is 60.3 Å². The van der Waals surface area contributed by atoms with Crippen LogP contribution in [0.3, 0.4) is 0 Å². The third-order valence-corrected chi connectivity index (χ3v) is 6.95. The number of benzene rings is 2. The average Bonchev–Trinajstić information content (AvgIpc) is 3.44. The predicted molar refractivity (Wildman–Crippen MR) is 119 cm³/mol. The maximum atomic E-state index is 13.0. The summed E-state index contributed by atoms with van der Waals surface area (Å²) in [5, 5.41) is 4.96. The smallest absolute Gasteiger partial charge is 0.267 e. The van der Waals surface area contributed by atoms with E-state index in [0.717, 1.165) is 50.7 Å². The van der Waals surface area contributed by atoms with Crippen LogP contribution in [0.15, 0.2) is 66.0 Å². The molecular formula is C22H18N4OS2. The number of hydrogen-bond acceptors (Lipinski definition) is 5. The van der Waals surface area contributed by atoms with Gasteiger partial charge >= 0.3 is 0 Å². The number of carbonyl (C=O) groups is 1. The molecule has 1 aliphatic rings. The number of anilines is 1. The predicted octanol–water partition coefficient (Wildman–Crippen LogP) is 5.34. The number of aromatic nitrogens is 3. The highest BCUT2D eigenvalue weighted by atomic mass is 32.2. The second-order valence-corrected chi connectivity index (χ2v) is 8.81. The van der Waals surface area contributed by atoms with Gasteiger partial charge in [-0.2, -0.15) is 0 Å². The normalized spacial score (nSPS) is 12.7. The number of amides is 1. The summed E-state index contributed by atoms with van der Waals surface area (Å²) in [6, 6.07) is 17.7. The quantitative estimate of drug-likeness (QED) is 0.486. The fraction of sp³-hybridized carbons (Fsp3) is 0.136. The van der Waals surface area contributed by atoms with Crippen molar-refractivity contribution < 1.29 is 4.79 Å². The van der Waals surface area contributed by atoms with Gasteiger partial charge in [-0.3, -0.25) is 4.79 Å². The Morgan fingerprint density at radius 1 is 1.07 bits per heavy atom. The summed E-state index contributed by atoms with van der Waals surface area (Å²) in [5.74, 6) is 0.922. The molecule has 0 saturated heterocycles. The van der Waals surface area contributed by atoms with Crippen LogP contribution in [0.5, 0.6) is 0 Å². The molecule has 2 aromatic carbocycles. The first-order chi connectivity index (χ1) is 14.2. The van der Waals surface area contributed by atoms with Gasteiger partial charge in [-0.25, -0.2) is 9.97 Å². The summed E-state index contributed by atoms with van der Waals surface area (Å²) < 4.78 is 2.16. The standard InChI is InChI=1S/C22H18N4OS2/c1-14-19(29-21(23-14)15-7-3-2-4-8-15)20(27)24-17-10-6-5-9-16(17)18-13-26-11-12-28-22(26)25-18/h2-10,13H,11-12H2,1H3,(H,24,27). The van der Waals surface area contributed by atoms with Gasteiger partial charge in [-0.05, 0) is 13.0 Å². The molecule has 1 N–H and O–H groups in total. The zero-order valence-electron chi connectivity index (χ0n) is 15.8. The molecule has 0 bridgehead atoms. The Bertz CT molecular complexity index is 1180. The van der Waals surface area contributed by atoms with E-state index in [-0.39, 0.29) is 5.91 Å². The van der Waals surface area contributed by atoms with Crippen molar-refractivity contribution in [2.45, 2.75) is 18.6 Å². The van der Waals surface area contributed by atoms with E-state index >= 15 is 0 Å². The molecule has 0 fully saturated rings. The van der Waals surface area contributed by atoms with Crippen molar-refractivity contribution in [3.63, 3.8) is 0 Å². The molecule has 2 aromatic heterocycles. The van der Waals surface area contributed by atoms with Crippen LogP contribution in [-0.2, 0) is 6.54 Å². The van der Waals surface area contributed by atoms with Gasteiger partial charge in [0.25, 0.3) is 5.91 Å². The van der Waals surface area contributed by atoms with Crippen LogP contribution in [-0.4, -0.2) is 26.2 Å². The number of aryl methyl sites for hydroxylation is 2. The van der Waals surface area contributed by atoms with E-state index in [9.17, 15) is 4.79 Å². The Morgan fingerprint density at radius 2 is 1.86 bits per heavy atom. The lowest BCUT2D eigenvalue weighted by Crippen LogP contribution is -2.12. The average molecular weight is 419 g/mol. The molecule has 29 heavy (non-hydrogen) atoms. The molecule has 3 heterocycles. The monoisotopic (exact) mass is 418 g/mol. The van der Waals surface area contributed by atoms with Crippen molar-refractivity contribution in [3.05, 3.63) is 71.4 Å². The highest BCUT2D eigenvalue weighted by Gasteiger charge is 2.20. The van der Waals surface area contributed by atoms with E-state index in [4.69, 9.17) is 4.98 Å². The van der Waals surface area contributed by atoms with E-state index in [1.54, 1.807) is 11.8 Å². The number of thiazole rings is 1. The topological polar surface area (TPSA) is 59.8 Å². The minimum atomic E-state index is -0.143. The molecule has 4 aromatic rings. The van der Waals surface area contributed by atoms with E-state index in [2.05, 4.69) is 21.1 Å². The Balaban J connectivity index is 1.44. The minimum absolute atomic E-state index is 0.143. The summed E-state index contributed by atoms with van der Waals surface area (Å²) in [4.78, 5) is 23.0. The largest absolute Gasteiger partial charge is 0.325 e. The Morgan fingerprint density at radius 3 is 2.69 bits per heavy atom. The zero-order chi connectivity index (χ0) is 19.8. The molecule has 0 unspecified atom stereocenters. The van der Waals surface area contributed by atoms with Crippen LogP contribution < -0.4 is 5.32 Å². The third kappa shape index (κ3) is 3.47. The molecule has 5 rings (SSSR count). The van der Waals surface area contributed by atoms with Crippen LogP contribution in [0.1, 0.15) is 15.4 Å². The number of para-hydroxylation sites is 1. The lowest BCUT2D eigenvalue weighted by Gasteiger charge is -2.09. The van der Waals surface area contributed by atoms with Crippen LogP contribution in [0.4, 0.5) is 5.69 Å². The maximum Gasteiger partial charge on any atom is 0.267 e. The van der Waals surface area contributed by atoms with Crippen molar-refractivity contribution in [3.8, 4) is 21.8 Å².